The minimum atomic E-state index is -1.60. The Kier molecular flexibility index (Phi) is 9.16. The average Bonchev–Trinajstić information content (AvgIpc) is 2.39. The Bertz CT molecular complexity index is 437. The number of aliphatic hydroxyl groups is 3. The van der Waals surface area contributed by atoms with Gasteiger partial charge in [-0.05, 0) is 18.9 Å². The van der Waals surface area contributed by atoms with Crippen molar-refractivity contribution in [1.29, 1.82) is 0 Å². The van der Waals surface area contributed by atoms with Crippen LogP contribution in [0.1, 0.15) is 6.92 Å². The number of aliphatic imine (C=N–C) groups is 1. The topological polar surface area (TPSA) is 152 Å². The average molecular weight is 327 g/mol. The summed E-state index contributed by atoms with van der Waals surface area (Å²) in [7, 11) is 1.30. The Labute approximate surface area is 149 Å². The molecular weight excluding hydrogens is 309 g/mol. The third-order valence-electron chi connectivity index (χ3n) is 2.88. The summed E-state index contributed by atoms with van der Waals surface area (Å²) in [6, 6.07) is -1.23. The van der Waals surface area contributed by atoms with Crippen molar-refractivity contribution in [3.05, 3.63) is 11.8 Å². The number of carboxylic acid groups (broad SMARTS) is 1. The van der Waals surface area contributed by atoms with Crippen LogP contribution < -0.4 is 34.7 Å². The van der Waals surface area contributed by atoms with Crippen molar-refractivity contribution in [1.82, 2.24) is 0 Å². The maximum absolute atomic E-state index is 11.1. The van der Waals surface area contributed by atoms with Crippen LogP contribution in [-0.2, 0) is 14.3 Å². The van der Waals surface area contributed by atoms with Crippen LogP contribution in [0, 0.1) is 0 Å². The van der Waals surface area contributed by atoms with Gasteiger partial charge in [0.25, 0.3) is 0 Å². The Morgan fingerprint density at radius 3 is 2.59 bits per heavy atom. The van der Waals surface area contributed by atoms with Gasteiger partial charge in [-0.1, -0.05) is 0 Å². The predicted octanol–water partition coefficient (Wildman–Crippen LogP) is -5.77. The van der Waals surface area contributed by atoms with E-state index >= 15 is 0 Å². The molecule has 1 aliphatic rings. The molecule has 9 nitrogen and oxygen atoms in total. The van der Waals surface area contributed by atoms with Crippen molar-refractivity contribution in [2.24, 2.45) is 4.99 Å². The molecule has 0 amide bonds. The van der Waals surface area contributed by atoms with Gasteiger partial charge >= 0.3 is 35.5 Å². The van der Waals surface area contributed by atoms with E-state index in [4.69, 9.17) is 9.84 Å². The van der Waals surface area contributed by atoms with Crippen molar-refractivity contribution in [3.63, 3.8) is 0 Å². The van der Waals surface area contributed by atoms with Crippen LogP contribution in [0.3, 0.4) is 0 Å². The molecule has 0 unspecified atom stereocenters. The van der Waals surface area contributed by atoms with E-state index in [0.29, 0.717) is 0 Å². The van der Waals surface area contributed by atoms with Crippen LogP contribution in [-0.4, -0.2) is 76.5 Å². The van der Waals surface area contributed by atoms with Crippen molar-refractivity contribution in [3.8, 4) is 0 Å². The number of hydrogen-bond acceptors (Lipinski definition) is 8. The summed E-state index contributed by atoms with van der Waals surface area (Å²) in [4.78, 5) is 14.5. The molecule has 0 fully saturated rings. The van der Waals surface area contributed by atoms with Crippen LogP contribution in [0.4, 0.5) is 0 Å². The molecule has 120 valence electrons. The van der Waals surface area contributed by atoms with Crippen LogP contribution in [0.2, 0.25) is 0 Å². The quantitative estimate of drug-likeness (QED) is 0.214. The van der Waals surface area contributed by atoms with Gasteiger partial charge in [-0.25, -0.2) is 4.79 Å². The molecule has 4 N–H and O–H groups in total. The zero-order chi connectivity index (χ0) is 16.2. The molecular formula is C12H18NNaO8. The van der Waals surface area contributed by atoms with Crippen LogP contribution in [0.15, 0.2) is 16.8 Å². The monoisotopic (exact) mass is 327 g/mol. The van der Waals surface area contributed by atoms with E-state index in [0.717, 1.165) is 13.0 Å². The summed E-state index contributed by atoms with van der Waals surface area (Å²) in [5.74, 6) is -2.67. The number of rotatable bonds is 6. The largest absolute Gasteiger partial charge is 1.00 e. The first kappa shape index (κ1) is 21.3. The molecule has 5 atom stereocenters. The van der Waals surface area contributed by atoms with Crippen molar-refractivity contribution < 1.29 is 69.4 Å². The second kappa shape index (κ2) is 9.46. The van der Waals surface area contributed by atoms with Crippen molar-refractivity contribution in [2.45, 2.75) is 37.4 Å². The van der Waals surface area contributed by atoms with Gasteiger partial charge < -0.3 is 35.0 Å². The van der Waals surface area contributed by atoms with E-state index in [2.05, 4.69) is 9.73 Å². The van der Waals surface area contributed by atoms with E-state index in [1.165, 1.54) is 7.11 Å². The first-order valence-corrected chi connectivity index (χ1v) is 6.14. The molecule has 0 saturated carbocycles. The third kappa shape index (κ3) is 5.51. The second-order valence-corrected chi connectivity index (χ2v) is 4.56. The van der Waals surface area contributed by atoms with Crippen molar-refractivity contribution in [2.75, 3.05) is 13.7 Å². The molecule has 22 heavy (non-hydrogen) atoms. The summed E-state index contributed by atoms with van der Waals surface area (Å²) in [6.45, 7) is 0.897. The molecule has 0 saturated heterocycles. The van der Waals surface area contributed by atoms with E-state index in [9.17, 15) is 25.2 Å². The van der Waals surface area contributed by atoms with Crippen LogP contribution in [0.25, 0.3) is 0 Å². The standard InChI is InChI=1S/C12H19NO8.Na/c1-5(14)13-9-6(15)3-8(12(18)19)21-11(9)10(17)7(16)4-20-2;/h3,6-7,9-11,15-17H,4H2,1-2H3,(H,13,14)(H,18,19);/q;+1/p-1/t6-,7+,9+,10+,11+;/m0./s1. The number of nitrogens with zero attached hydrogens (tertiary/aromatic N) is 1. The Morgan fingerprint density at radius 1 is 1.55 bits per heavy atom. The summed E-state index contributed by atoms with van der Waals surface area (Å²) >= 11 is 0. The van der Waals surface area contributed by atoms with E-state index in [1.807, 2.05) is 0 Å². The molecule has 10 heteroatoms. The third-order valence-corrected chi connectivity index (χ3v) is 2.88. The molecule has 1 aliphatic heterocycles. The molecule has 0 radical (unpaired) electrons. The van der Waals surface area contributed by atoms with E-state index < -0.39 is 48.1 Å². The van der Waals surface area contributed by atoms with E-state index in [-0.39, 0.29) is 36.2 Å². The summed E-state index contributed by atoms with van der Waals surface area (Å²) in [6.07, 6.45) is -4.96. The maximum atomic E-state index is 11.1. The number of carbonyl (C=O) groups is 1. The van der Waals surface area contributed by atoms with Gasteiger partial charge in [0.15, 0.2) is 6.10 Å². The van der Waals surface area contributed by atoms with Gasteiger partial charge in [-0.15, -0.1) is 0 Å². The molecule has 0 spiro atoms. The summed E-state index contributed by atoms with van der Waals surface area (Å²) < 4.78 is 9.73. The SMILES string of the molecule is COC[C@@H](O)[C@@H](O)[C@@H]1OC(C(=O)O)=C[C@H](O)[C@H]1N=C(C)[O-].[Na+]. The van der Waals surface area contributed by atoms with Gasteiger partial charge in [0, 0.05) is 7.11 Å². The molecule has 0 aromatic carbocycles. The van der Waals surface area contributed by atoms with Gasteiger partial charge in [-0.2, -0.15) is 0 Å². The first-order chi connectivity index (χ1) is 9.77. The normalized spacial score (nSPS) is 28.0. The minimum absolute atomic E-state index is 0. The fraction of sp³-hybridized carbons (Fsp3) is 0.667. The Hall–Kier alpha value is -0.680. The zero-order valence-corrected chi connectivity index (χ0v) is 14.5. The van der Waals surface area contributed by atoms with E-state index in [1.54, 1.807) is 0 Å². The zero-order valence-electron chi connectivity index (χ0n) is 12.5. The molecule has 0 aromatic heterocycles. The Balaban J connectivity index is 0.00000441. The Morgan fingerprint density at radius 2 is 2.14 bits per heavy atom. The fourth-order valence-corrected chi connectivity index (χ4v) is 1.95. The number of ether oxygens (including phenoxy) is 2. The molecule has 0 bridgehead atoms. The molecule has 1 heterocycles. The van der Waals surface area contributed by atoms with Gasteiger partial charge in [0.2, 0.25) is 5.76 Å². The first-order valence-electron chi connectivity index (χ1n) is 6.14. The number of hydrogen-bond donors (Lipinski definition) is 4. The number of aliphatic carboxylic acids is 1. The van der Waals surface area contributed by atoms with Gasteiger partial charge in [0.05, 0.1) is 6.61 Å². The number of carboxylic acids is 1. The smallest absolute Gasteiger partial charge is 0.862 e. The maximum Gasteiger partial charge on any atom is 1.00 e. The fourth-order valence-electron chi connectivity index (χ4n) is 1.95. The minimum Gasteiger partial charge on any atom is -0.862 e. The predicted molar refractivity (Wildman–Crippen MR) is 67.4 cm³/mol. The van der Waals surface area contributed by atoms with Crippen molar-refractivity contribution >= 4 is 11.9 Å². The number of methoxy groups -OCH3 is 1. The molecule has 0 aliphatic carbocycles. The van der Waals surface area contributed by atoms with Gasteiger partial charge in [0.1, 0.15) is 24.4 Å². The number of aliphatic hydroxyl groups excluding tert-OH is 3. The van der Waals surface area contributed by atoms with Crippen LogP contribution in [0.5, 0.6) is 0 Å². The summed E-state index contributed by atoms with van der Waals surface area (Å²) in [5.41, 5.74) is 0. The van der Waals surface area contributed by atoms with Gasteiger partial charge in [-0.3, -0.25) is 4.99 Å². The summed E-state index contributed by atoms with van der Waals surface area (Å²) in [5, 5.41) is 49.6. The second-order valence-electron chi connectivity index (χ2n) is 4.56. The molecule has 1 rings (SSSR count). The molecule has 0 aromatic rings. The van der Waals surface area contributed by atoms with Crippen LogP contribution >= 0.6 is 0 Å².